The minimum absolute atomic E-state index is 0.200. The first-order chi connectivity index (χ1) is 9.20. The molecule has 0 bridgehead atoms. The lowest BCUT2D eigenvalue weighted by molar-refractivity contribution is 0.0948. The van der Waals surface area contributed by atoms with Crippen LogP contribution in [-0.4, -0.2) is 31.6 Å². The van der Waals surface area contributed by atoms with Gasteiger partial charge in [0.1, 0.15) is 5.03 Å². The molecule has 0 aliphatic heterocycles. The SMILES string of the molecule is NNC(=O)c1cn(CCSc2ncccc2Br)nn1. The lowest BCUT2D eigenvalue weighted by atomic mass is 10.5. The molecule has 7 nitrogen and oxygen atoms in total. The Kier molecular flexibility index (Phi) is 4.88. The first kappa shape index (κ1) is 14.0. The van der Waals surface area contributed by atoms with Crippen LogP contribution in [0, 0.1) is 0 Å². The lowest BCUT2D eigenvalue weighted by Gasteiger charge is -2.02. The Morgan fingerprint density at radius 3 is 3.16 bits per heavy atom. The molecule has 9 heteroatoms. The predicted molar refractivity (Wildman–Crippen MR) is 74.3 cm³/mol. The van der Waals surface area contributed by atoms with Gasteiger partial charge in [0.2, 0.25) is 0 Å². The summed E-state index contributed by atoms with van der Waals surface area (Å²) < 4.78 is 2.55. The number of halogens is 1. The Morgan fingerprint density at radius 1 is 1.58 bits per heavy atom. The van der Waals surface area contributed by atoms with Gasteiger partial charge in [0.05, 0.1) is 12.7 Å². The molecular formula is C10H11BrN6OS. The van der Waals surface area contributed by atoms with Crippen molar-refractivity contribution < 1.29 is 4.79 Å². The van der Waals surface area contributed by atoms with Crippen molar-refractivity contribution in [1.82, 2.24) is 25.4 Å². The number of carbonyl (C=O) groups excluding carboxylic acids is 1. The normalized spacial score (nSPS) is 10.4. The highest BCUT2D eigenvalue weighted by Gasteiger charge is 2.08. The van der Waals surface area contributed by atoms with E-state index in [4.69, 9.17) is 5.84 Å². The van der Waals surface area contributed by atoms with Gasteiger partial charge in [-0.1, -0.05) is 5.21 Å². The van der Waals surface area contributed by atoms with E-state index in [1.807, 2.05) is 17.6 Å². The van der Waals surface area contributed by atoms with Crippen LogP contribution < -0.4 is 11.3 Å². The Bertz CT molecular complexity index is 575. The number of carbonyl (C=O) groups is 1. The van der Waals surface area contributed by atoms with Crippen molar-refractivity contribution in [2.24, 2.45) is 5.84 Å². The minimum atomic E-state index is -0.452. The van der Waals surface area contributed by atoms with Crippen LogP contribution in [0.2, 0.25) is 0 Å². The molecule has 2 aromatic heterocycles. The standard InChI is InChI=1S/C10H11BrN6OS/c11-7-2-1-3-13-10(7)19-5-4-17-6-8(15-16-17)9(18)14-12/h1-3,6H,4-5,12H2,(H,14,18). The zero-order valence-corrected chi connectivity index (χ0v) is 12.2. The third-order valence-corrected chi connectivity index (χ3v) is 4.07. The minimum Gasteiger partial charge on any atom is -0.289 e. The number of nitrogens with two attached hydrogens (primary N) is 1. The fourth-order valence-electron chi connectivity index (χ4n) is 1.30. The molecule has 2 rings (SSSR count). The number of hydrogen-bond donors (Lipinski definition) is 2. The number of pyridine rings is 1. The van der Waals surface area contributed by atoms with E-state index in [0.29, 0.717) is 6.54 Å². The van der Waals surface area contributed by atoms with E-state index in [1.54, 1.807) is 28.8 Å². The van der Waals surface area contributed by atoms with Gasteiger partial charge in [-0.3, -0.25) is 14.9 Å². The first-order valence-electron chi connectivity index (χ1n) is 5.35. The molecule has 2 aromatic rings. The second-order valence-electron chi connectivity index (χ2n) is 3.48. The molecule has 0 spiro atoms. The van der Waals surface area contributed by atoms with Crippen LogP contribution in [0.3, 0.4) is 0 Å². The number of rotatable bonds is 5. The molecule has 0 aliphatic carbocycles. The highest BCUT2D eigenvalue weighted by Crippen LogP contribution is 2.24. The van der Waals surface area contributed by atoms with Gasteiger partial charge in [0, 0.05) is 16.4 Å². The van der Waals surface area contributed by atoms with Crippen molar-refractivity contribution in [1.29, 1.82) is 0 Å². The zero-order valence-electron chi connectivity index (χ0n) is 9.78. The average molecular weight is 343 g/mol. The number of nitrogens with zero attached hydrogens (tertiary/aromatic N) is 4. The van der Waals surface area contributed by atoms with Crippen LogP contribution in [0.25, 0.3) is 0 Å². The van der Waals surface area contributed by atoms with Crippen LogP contribution in [0.15, 0.2) is 34.0 Å². The Labute approximate surface area is 122 Å². The highest BCUT2D eigenvalue weighted by molar-refractivity contribution is 9.10. The third kappa shape index (κ3) is 3.75. The van der Waals surface area contributed by atoms with Crippen LogP contribution >= 0.6 is 27.7 Å². The molecule has 100 valence electrons. The van der Waals surface area contributed by atoms with Gasteiger partial charge >= 0.3 is 0 Å². The number of nitrogens with one attached hydrogen (secondary N) is 1. The first-order valence-corrected chi connectivity index (χ1v) is 7.13. The number of aryl methyl sites for hydroxylation is 1. The summed E-state index contributed by atoms with van der Waals surface area (Å²) in [6.07, 6.45) is 3.29. The molecule has 0 atom stereocenters. The molecule has 0 saturated carbocycles. The highest BCUT2D eigenvalue weighted by atomic mass is 79.9. The van der Waals surface area contributed by atoms with Crippen molar-refractivity contribution in [2.45, 2.75) is 11.6 Å². The largest absolute Gasteiger partial charge is 0.289 e. The molecule has 2 heterocycles. The van der Waals surface area contributed by atoms with Gasteiger partial charge in [0.15, 0.2) is 5.69 Å². The Hall–Kier alpha value is -1.45. The van der Waals surface area contributed by atoms with E-state index >= 15 is 0 Å². The number of thioether (sulfide) groups is 1. The maximum atomic E-state index is 11.2. The topological polar surface area (TPSA) is 98.7 Å². The molecule has 0 fully saturated rings. The quantitative estimate of drug-likeness (QED) is 0.361. The van der Waals surface area contributed by atoms with Crippen LogP contribution in [0.5, 0.6) is 0 Å². The van der Waals surface area contributed by atoms with E-state index < -0.39 is 5.91 Å². The summed E-state index contributed by atoms with van der Waals surface area (Å²) in [5, 5.41) is 8.48. The molecule has 0 radical (unpaired) electrons. The van der Waals surface area contributed by atoms with Crippen LogP contribution in [-0.2, 0) is 6.54 Å². The summed E-state index contributed by atoms with van der Waals surface area (Å²) >= 11 is 5.02. The van der Waals surface area contributed by atoms with Crippen molar-refractivity contribution >= 4 is 33.6 Å². The number of aromatic nitrogens is 4. The summed E-state index contributed by atoms with van der Waals surface area (Å²) in [5.41, 5.74) is 2.21. The average Bonchev–Trinajstić information content (AvgIpc) is 2.89. The van der Waals surface area contributed by atoms with E-state index in [1.165, 1.54) is 0 Å². The van der Waals surface area contributed by atoms with E-state index in [0.717, 1.165) is 15.3 Å². The molecule has 1 amide bonds. The summed E-state index contributed by atoms with van der Waals surface area (Å²) in [4.78, 5) is 15.4. The van der Waals surface area contributed by atoms with E-state index in [2.05, 4.69) is 31.2 Å². The zero-order chi connectivity index (χ0) is 13.7. The van der Waals surface area contributed by atoms with Gasteiger partial charge in [0.25, 0.3) is 5.91 Å². The van der Waals surface area contributed by atoms with Crippen molar-refractivity contribution in [3.63, 3.8) is 0 Å². The molecule has 0 aromatic carbocycles. The van der Waals surface area contributed by atoms with Crippen molar-refractivity contribution in [2.75, 3.05) is 5.75 Å². The van der Waals surface area contributed by atoms with Crippen LogP contribution in [0.1, 0.15) is 10.5 Å². The van der Waals surface area contributed by atoms with Gasteiger partial charge in [-0.25, -0.2) is 10.8 Å². The van der Waals surface area contributed by atoms with Gasteiger partial charge < -0.3 is 0 Å². The predicted octanol–water partition coefficient (Wildman–Crippen LogP) is 0.831. The second kappa shape index (κ2) is 6.64. The number of hydrogen-bond acceptors (Lipinski definition) is 6. The maximum absolute atomic E-state index is 11.2. The van der Waals surface area contributed by atoms with Gasteiger partial charge in [-0.05, 0) is 28.1 Å². The fourth-order valence-corrected chi connectivity index (χ4v) is 2.71. The third-order valence-electron chi connectivity index (χ3n) is 2.19. The molecule has 0 unspecified atom stereocenters. The molecular weight excluding hydrogens is 332 g/mol. The lowest BCUT2D eigenvalue weighted by Crippen LogP contribution is -2.30. The number of nitrogen functional groups attached to an aromatic ring is 1. The number of hydrazine groups is 1. The fraction of sp³-hybridized carbons (Fsp3) is 0.200. The van der Waals surface area contributed by atoms with E-state index in [-0.39, 0.29) is 5.69 Å². The summed E-state index contributed by atoms with van der Waals surface area (Å²) in [6.45, 7) is 0.624. The molecule has 3 N–H and O–H groups in total. The summed E-state index contributed by atoms with van der Waals surface area (Å²) in [6, 6.07) is 3.80. The van der Waals surface area contributed by atoms with Gasteiger partial charge in [-0.15, -0.1) is 16.9 Å². The van der Waals surface area contributed by atoms with E-state index in [9.17, 15) is 4.79 Å². The maximum Gasteiger partial charge on any atom is 0.287 e. The molecule has 0 aliphatic rings. The Morgan fingerprint density at radius 2 is 2.42 bits per heavy atom. The second-order valence-corrected chi connectivity index (χ2v) is 5.42. The smallest absolute Gasteiger partial charge is 0.287 e. The molecule has 0 saturated heterocycles. The number of amides is 1. The van der Waals surface area contributed by atoms with Crippen molar-refractivity contribution in [3.05, 3.63) is 34.7 Å². The monoisotopic (exact) mass is 342 g/mol. The molecule has 19 heavy (non-hydrogen) atoms. The summed E-state index contributed by atoms with van der Waals surface area (Å²) in [5.74, 6) is 5.33. The van der Waals surface area contributed by atoms with Crippen LogP contribution in [0.4, 0.5) is 0 Å². The Balaban J connectivity index is 1.88. The van der Waals surface area contributed by atoms with Crippen molar-refractivity contribution in [3.8, 4) is 0 Å². The summed E-state index contributed by atoms with van der Waals surface area (Å²) in [7, 11) is 0. The van der Waals surface area contributed by atoms with Gasteiger partial charge in [-0.2, -0.15) is 0 Å².